The summed E-state index contributed by atoms with van der Waals surface area (Å²) in [6.45, 7) is 8.83. The van der Waals surface area contributed by atoms with Crippen LogP contribution in [0.5, 0.6) is 0 Å². The van der Waals surface area contributed by atoms with E-state index in [1.165, 1.54) is 25.2 Å². The van der Waals surface area contributed by atoms with Gasteiger partial charge in [0.05, 0.1) is 0 Å². The second kappa shape index (κ2) is 8.49. The number of nitrogens with zero attached hydrogens (tertiary/aromatic N) is 3. The summed E-state index contributed by atoms with van der Waals surface area (Å²) in [7, 11) is 4.28. The normalized spacial score (nSPS) is 19.0. The van der Waals surface area contributed by atoms with Gasteiger partial charge in [-0.3, -0.25) is 4.90 Å². The van der Waals surface area contributed by atoms with Crippen LogP contribution in [0.2, 0.25) is 0 Å². The zero-order chi connectivity index (χ0) is 15.1. The molecule has 0 aromatic heterocycles. The first kappa shape index (κ1) is 16.4. The van der Waals surface area contributed by atoms with Gasteiger partial charge < -0.3 is 15.5 Å². The van der Waals surface area contributed by atoms with E-state index in [4.69, 9.17) is 5.73 Å². The lowest BCUT2D eigenvalue weighted by Gasteiger charge is -2.36. The molecule has 0 saturated carbocycles. The van der Waals surface area contributed by atoms with E-state index >= 15 is 0 Å². The molecular weight excluding hydrogens is 260 g/mol. The standard InChI is InChI=1S/C17H30N4/c1-19(2)8-9-20-10-12-21(13-11-20)15-17(14-18)16-6-4-3-5-7-16/h3-7,17H,8-15,18H2,1-2H3. The molecule has 1 aliphatic rings. The fourth-order valence-electron chi connectivity index (χ4n) is 2.89. The number of likely N-dealkylation sites (N-methyl/N-ethyl adjacent to an activating group) is 1. The zero-order valence-corrected chi connectivity index (χ0v) is 13.5. The van der Waals surface area contributed by atoms with Crippen LogP contribution in [0, 0.1) is 0 Å². The van der Waals surface area contributed by atoms with Crippen molar-refractivity contribution < 1.29 is 0 Å². The minimum atomic E-state index is 0.458. The Balaban J connectivity index is 1.77. The molecule has 2 rings (SSSR count). The maximum atomic E-state index is 5.99. The first-order chi connectivity index (χ1) is 10.2. The topological polar surface area (TPSA) is 35.7 Å². The van der Waals surface area contributed by atoms with Crippen molar-refractivity contribution in [3.05, 3.63) is 35.9 Å². The molecule has 1 unspecified atom stereocenters. The Labute approximate surface area is 129 Å². The Morgan fingerprint density at radius 2 is 1.67 bits per heavy atom. The molecule has 0 bridgehead atoms. The van der Waals surface area contributed by atoms with Gasteiger partial charge in [0.2, 0.25) is 0 Å². The number of piperazine rings is 1. The third-order valence-corrected chi connectivity index (χ3v) is 4.36. The van der Waals surface area contributed by atoms with Gasteiger partial charge in [-0.25, -0.2) is 0 Å². The van der Waals surface area contributed by atoms with Crippen molar-refractivity contribution in [2.75, 3.05) is 66.5 Å². The number of hydrogen-bond acceptors (Lipinski definition) is 4. The van der Waals surface area contributed by atoms with Gasteiger partial charge >= 0.3 is 0 Å². The SMILES string of the molecule is CN(C)CCN1CCN(CC(CN)c2ccccc2)CC1. The molecular formula is C17H30N4. The Morgan fingerprint density at radius 1 is 1.05 bits per heavy atom. The smallest absolute Gasteiger partial charge is 0.0110 e. The molecule has 4 nitrogen and oxygen atoms in total. The maximum Gasteiger partial charge on any atom is 0.0110 e. The second-order valence-electron chi connectivity index (χ2n) is 6.29. The third kappa shape index (κ3) is 5.40. The molecule has 0 aliphatic carbocycles. The molecule has 1 atom stereocenters. The van der Waals surface area contributed by atoms with E-state index < -0.39 is 0 Å². The summed E-state index contributed by atoms with van der Waals surface area (Å²) in [4.78, 5) is 7.39. The van der Waals surface area contributed by atoms with Crippen LogP contribution in [-0.4, -0.2) is 81.2 Å². The van der Waals surface area contributed by atoms with E-state index in [-0.39, 0.29) is 0 Å². The van der Waals surface area contributed by atoms with Gasteiger partial charge in [-0.05, 0) is 19.7 Å². The molecule has 1 saturated heterocycles. The van der Waals surface area contributed by atoms with E-state index in [0.29, 0.717) is 5.92 Å². The summed E-state index contributed by atoms with van der Waals surface area (Å²) in [6, 6.07) is 10.7. The molecule has 0 spiro atoms. The van der Waals surface area contributed by atoms with Gasteiger partial charge in [-0.1, -0.05) is 30.3 Å². The summed E-state index contributed by atoms with van der Waals surface area (Å²) >= 11 is 0. The van der Waals surface area contributed by atoms with Crippen molar-refractivity contribution in [2.45, 2.75) is 5.92 Å². The highest BCUT2D eigenvalue weighted by atomic mass is 15.3. The highest BCUT2D eigenvalue weighted by Crippen LogP contribution is 2.16. The molecule has 0 radical (unpaired) electrons. The van der Waals surface area contributed by atoms with Crippen LogP contribution in [-0.2, 0) is 0 Å². The molecule has 1 aliphatic heterocycles. The fraction of sp³-hybridized carbons (Fsp3) is 0.647. The molecule has 1 aromatic rings. The second-order valence-corrected chi connectivity index (χ2v) is 6.29. The van der Waals surface area contributed by atoms with Crippen molar-refractivity contribution in [1.29, 1.82) is 0 Å². The van der Waals surface area contributed by atoms with E-state index in [1.807, 2.05) is 0 Å². The highest BCUT2D eigenvalue weighted by Gasteiger charge is 2.20. The Kier molecular flexibility index (Phi) is 6.64. The predicted octanol–water partition coefficient (Wildman–Crippen LogP) is 0.908. The van der Waals surface area contributed by atoms with E-state index in [0.717, 1.165) is 32.7 Å². The molecule has 0 amide bonds. The molecule has 21 heavy (non-hydrogen) atoms. The van der Waals surface area contributed by atoms with Gasteiger partial charge in [0.15, 0.2) is 0 Å². The van der Waals surface area contributed by atoms with E-state index in [1.54, 1.807) is 0 Å². The minimum absolute atomic E-state index is 0.458. The lowest BCUT2D eigenvalue weighted by atomic mass is 9.98. The van der Waals surface area contributed by atoms with Gasteiger partial charge in [-0.15, -0.1) is 0 Å². The molecule has 1 fully saturated rings. The average molecular weight is 290 g/mol. The van der Waals surface area contributed by atoms with Crippen LogP contribution >= 0.6 is 0 Å². The van der Waals surface area contributed by atoms with Crippen LogP contribution in [0.1, 0.15) is 11.5 Å². The lowest BCUT2D eigenvalue weighted by Crippen LogP contribution is -2.49. The Hall–Kier alpha value is -0.940. The van der Waals surface area contributed by atoms with Crippen molar-refractivity contribution in [3.8, 4) is 0 Å². The highest BCUT2D eigenvalue weighted by molar-refractivity contribution is 5.20. The quantitative estimate of drug-likeness (QED) is 0.810. The molecule has 118 valence electrons. The minimum Gasteiger partial charge on any atom is -0.330 e. The molecule has 1 aromatic carbocycles. The Bertz CT molecular complexity index is 385. The van der Waals surface area contributed by atoms with Crippen LogP contribution in [0.25, 0.3) is 0 Å². The first-order valence-corrected chi connectivity index (χ1v) is 8.03. The predicted molar refractivity (Wildman–Crippen MR) is 89.7 cm³/mol. The Morgan fingerprint density at radius 3 is 2.24 bits per heavy atom. The van der Waals surface area contributed by atoms with Crippen LogP contribution in [0.15, 0.2) is 30.3 Å². The van der Waals surface area contributed by atoms with Crippen molar-refractivity contribution >= 4 is 0 Å². The number of benzene rings is 1. The summed E-state index contributed by atoms with van der Waals surface area (Å²) < 4.78 is 0. The van der Waals surface area contributed by atoms with E-state index in [2.05, 4.69) is 59.1 Å². The summed E-state index contributed by atoms with van der Waals surface area (Å²) in [5.74, 6) is 0.458. The number of hydrogen-bond donors (Lipinski definition) is 1. The van der Waals surface area contributed by atoms with Gasteiger partial charge in [0.25, 0.3) is 0 Å². The van der Waals surface area contributed by atoms with Gasteiger partial charge in [0, 0.05) is 58.3 Å². The first-order valence-electron chi connectivity index (χ1n) is 8.03. The number of rotatable bonds is 7. The largest absolute Gasteiger partial charge is 0.330 e. The van der Waals surface area contributed by atoms with Gasteiger partial charge in [-0.2, -0.15) is 0 Å². The monoisotopic (exact) mass is 290 g/mol. The van der Waals surface area contributed by atoms with Gasteiger partial charge in [0.1, 0.15) is 0 Å². The fourth-order valence-corrected chi connectivity index (χ4v) is 2.89. The van der Waals surface area contributed by atoms with Crippen LogP contribution < -0.4 is 5.73 Å². The lowest BCUT2D eigenvalue weighted by molar-refractivity contribution is 0.121. The summed E-state index contributed by atoms with van der Waals surface area (Å²) in [6.07, 6.45) is 0. The third-order valence-electron chi connectivity index (χ3n) is 4.36. The van der Waals surface area contributed by atoms with Crippen molar-refractivity contribution in [1.82, 2.24) is 14.7 Å². The summed E-state index contributed by atoms with van der Waals surface area (Å²) in [5.41, 5.74) is 7.36. The zero-order valence-electron chi connectivity index (χ0n) is 13.5. The number of nitrogens with two attached hydrogens (primary N) is 1. The molecule has 1 heterocycles. The van der Waals surface area contributed by atoms with Crippen molar-refractivity contribution in [2.24, 2.45) is 5.73 Å². The summed E-state index contributed by atoms with van der Waals surface area (Å²) in [5, 5.41) is 0. The van der Waals surface area contributed by atoms with Crippen LogP contribution in [0.3, 0.4) is 0 Å². The van der Waals surface area contributed by atoms with Crippen molar-refractivity contribution in [3.63, 3.8) is 0 Å². The molecule has 2 N–H and O–H groups in total. The molecule has 4 heteroatoms. The van der Waals surface area contributed by atoms with Crippen LogP contribution in [0.4, 0.5) is 0 Å². The average Bonchev–Trinajstić information content (AvgIpc) is 2.52. The van der Waals surface area contributed by atoms with E-state index in [9.17, 15) is 0 Å². The maximum absolute atomic E-state index is 5.99.